The fraction of sp³-hybridized carbons (Fsp3) is 0.130. The highest BCUT2D eigenvalue weighted by atomic mass is 35.5. The Morgan fingerprint density at radius 2 is 1.86 bits per heavy atom. The molecule has 5 nitrogen and oxygen atoms in total. The van der Waals surface area contributed by atoms with E-state index < -0.39 is 0 Å². The largest absolute Gasteiger partial charge is 0.464 e. The topological polar surface area (TPSA) is 62.6 Å². The van der Waals surface area contributed by atoms with Crippen LogP contribution in [0, 0.1) is 0 Å². The number of rotatable bonds is 4. The molecule has 1 heterocycles. The van der Waals surface area contributed by atoms with Gasteiger partial charge in [0.2, 0.25) is 5.91 Å². The van der Waals surface area contributed by atoms with E-state index in [1.165, 1.54) is 4.90 Å². The SMILES string of the molecule is CN(C)C(=O)c1cc(NC(=O)Cc2coc3ccc4ccccc4c23)ccc1Cl. The first-order chi connectivity index (χ1) is 13.9. The van der Waals surface area contributed by atoms with E-state index in [-0.39, 0.29) is 18.2 Å². The van der Waals surface area contributed by atoms with Crippen LogP contribution in [-0.2, 0) is 11.2 Å². The van der Waals surface area contributed by atoms with Crippen LogP contribution in [0.1, 0.15) is 15.9 Å². The standard InChI is InChI=1S/C23H19ClN2O3/c1-26(2)23(28)18-12-16(8-9-19(18)24)25-21(27)11-15-13-29-20-10-7-14-5-3-4-6-17(14)22(15)20/h3-10,12-13H,11H2,1-2H3,(H,25,27). The zero-order chi connectivity index (χ0) is 20.5. The van der Waals surface area contributed by atoms with Crippen LogP contribution in [0.4, 0.5) is 5.69 Å². The highest BCUT2D eigenvalue weighted by molar-refractivity contribution is 6.34. The van der Waals surface area contributed by atoms with Crippen molar-refractivity contribution in [3.8, 4) is 0 Å². The average molecular weight is 407 g/mol. The van der Waals surface area contributed by atoms with Crippen LogP contribution in [-0.4, -0.2) is 30.8 Å². The van der Waals surface area contributed by atoms with Crippen molar-refractivity contribution in [1.29, 1.82) is 0 Å². The highest BCUT2D eigenvalue weighted by Crippen LogP contribution is 2.30. The second kappa shape index (κ2) is 7.60. The van der Waals surface area contributed by atoms with Gasteiger partial charge in [-0.3, -0.25) is 9.59 Å². The maximum absolute atomic E-state index is 12.7. The number of benzene rings is 3. The first kappa shape index (κ1) is 19.0. The van der Waals surface area contributed by atoms with Gasteiger partial charge in [-0.05, 0) is 35.0 Å². The second-order valence-corrected chi connectivity index (χ2v) is 7.45. The third kappa shape index (κ3) is 3.69. The molecule has 1 N–H and O–H groups in total. The lowest BCUT2D eigenvalue weighted by atomic mass is 10.0. The minimum absolute atomic E-state index is 0.153. The van der Waals surface area contributed by atoms with Gasteiger partial charge < -0.3 is 14.6 Å². The van der Waals surface area contributed by atoms with Gasteiger partial charge in [0.05, 0.1) is 23.3 Å². The van der Waals surface area contributed by atoms with E-state index in [9.17, 15) is 9.59 Å². The van der Waals surface area contributed by atoms with E-state index in [2.05, 4.69) is 5.32 Å². The first-order valence-corrected chi connectivity index (χ1v) is 9.50. The molecule has 0 spiro atoms. The summed E-state index contributed by atoms with van der Waals surface area (Å²) in [5.74, 6) is -0.426. The van der Waals surface area contributed by atoms with Crippen molar-refractivity contribution >= 4 is 50.8 Å². The molecule has 146 valence electrons. The third-order valence-corrected chi connectivity index (χ3v) is 5.11. The molecule has 2 amide bonds. The van der Waals surface area contributed by atoms with Crippen LogP contribution >= 0.6 is 11.6 Å². The minimum Gasteiger partial charge on any atom is -0.464 e. The lowest BCUT2D eigenvalue weighted by Crippen LogP contribution is -2.22. The number of hydrogen-bond acceptors (Lipinski definition) is 3. The molecule has 0 saturated heterocycles. The van der Waals surface area contributed by atoms with Gasteiger partial charge >= 0.3 is 0 Å². The number of halogens is 1. The summed E-state index contributed by atoms with van der Waals surface area (Å²) in [6, 6.07) is 16.8. The zero-order valence-corrected chi connectivity index (χ0v) is 16.8. The van der Waals surface area contributed by atoms with Gasteiger partial charge in [-0.1, -0.05) is 41.9 Å². The van der Waals surface area contributed by atoms with Crippen LogP contribution in [0.15, 0.2) is 65.3 Å². The minimum atomic E-state index is -0.224. The number of hydrogen-bond donors (Lipinski definition) is 1. The smallest absolute Gasteiger partial charge is 0.254 e. The summed E-state index contributed by atoms with van der Waals surface area (Å²) >= 11 is 6.14. The second-order valence-electron chi connectivity index (χ2n) is 7.04. The van der Waals surface area contributed by atoms with E-state index in [1.54, 1.807) is 38.6 Å². The summed E-state index contributed by atoms with van der Waals surface area (Å²) < 4.78 is 5.65. The summed E-state index contributed by atoms with van der Waals surface area (Å²) in [7, 11) is 3.30. The number of fused-ring (bicyclic) bond motifs is 3. The molecule has 0 aliphatic heterocycles. The molecule has 0 unspecified atom stereocenters. The Kier molecular flexibility index (Phi) is 4.99. The molecule has 0 bridgehead atoms. The van der Waals surface area contributed by atoms with E-state index >= 15 is 0 Å². The van der Waals surface area contributed by atoms with Crippen molar-refractivity contribution in [2.75, 3.05) is 19.4 Å². The molecule has 0 radical (unpaired) electrons. The summed E-state index contributed by atoms with van der Waals surface area (Å²) in [4.78, 5) is 26.4. The monoisotopic (exact) mass is 406 g/mol. The van der Waals surface area contributed by atoms with Crippen LogP contribution < -0.4 is 5.32 Å². The van der Waals surface area contributed by atoms with Crippen molar-refractivity contribution in [2.45, 2.75) is 6.42 Å². The van der Waals surface area contributed by atoms with Crippen LogP contribution in [0.25, 0.3) is 21.7 Å². The molecular formula is C23H19ClN2O3. The number of amides is 2. The predicted molar refractivity (Wildman–Crippen MR) is 116 cm³/mol. The Labute approximate surface area is 172 Å². The van der Waals surface area contributed by atoms with E-state index in [1.807, 2.05) is 36.4 Å². The van der Waals surface area contributed by atoms with Crippen LogP contribution in [0.3, 0.4) is 0 Å². The Balaban J connectivity index is 1.60. The maximum Gasteiger partial charge on any atom is 0.254 e. The number of carbonyl (C=O) groups excluding carboxylic acids is 2. The summed E-state index contributed by atoms with van der Waals surface area (Å²) in [6.45, 7) is 0. The molecule has 6 heteroatoms. The van der Waals surface area contributed by atoms with E-state index in [0.29, 0.717) is 16.3 Å². The number of nitrogens with zero attached hydrogens (tertiary/aromatic N) is 1. The summed E-state index contributed by atoms with van der Waals surface area (Å²) in [6.07, 6.45) is 1.78. The van der Waals surface area contributed by atoms with Crippen LogP contribution in [0.5, 0.6) is 0 Å². The number of furan rings is 1. The van der Waals surface area contributed by atoms with Crippen molar-refractivity contribution in [1.82, 2.24) is 4.90 Å². The van der Waals surface area contributed by atoms with Crippen molar-refractivity contribution < 1.29 is 14.0 Å². The highest BCUT2D eigenvalue weighted by Gasteiger charge is 2.16. The average Bonchev–Trinajstić information content (AvgIpc) is 3.12. The predicted octanol–water partition coefficient (Wildman–Crippen LogP) is 5.12. The molecule has 1 aromatic heterocycles. The van der Waals surface area contributed by atoms with E-state index in [4.69, 9.17) is 16.0 Å². The molecule has 4 aromatic rings. The molecular weight excluding hydrogens is 388 g/mol. The third-order valence-electron chi connectivity index (χ3n) is 4.78. The van der Waals surface area contributed by atoms with Gasteiger partial charge in [0.1, 0.15) is 5.58 Å². The van der Waals surface area contributed by atoms with Crippen LogP contribution in [0.2, 0.25) is 5.02 Å². The number of anilines is 1. The first-order valence-electron chi connectivity index (χ1n) is 9.13. The summed E-state index contributed by atoms with van der Waals surface area (Å²) in [5, 5.41) is 6.27. The molecule has 29 heavy (non-hydrogen) atoms. The molecule has 4 rings (SSSR count). The molecule has 0 fully saturated rings. The Morgan fingerprint density at radius 1 is 1.07 bits per heavy atom. The van der Waals surface area contributed by atoms with Gasteiger partial charge in [0.15, 0.2) is 0 Å². The lowest BCUT2D eigenvalue weighted by molar-refractivity contribution is -0.115. The maximum atomic E-state index is 12.7. The fourth-order valence-corrected chi connectivity index (χ4v) is 3.59. The molecule has 0 saturated carbocycles. The van der Waals surface area contributed by atoms with Gasteiger partial charge in [0, 0.05) is 30.7 Å². The van der Waals surface area contributed by atoms with Gasteiger partial charge in [0.25, 0.3) is 5.91 Å². The summed E-state index contributed by atoms with van der Waals surface area (Å²) in [5.41, 5.74) is 2.42. The Bertz CT molecular complexity index is 1240. The normalized spacial score (nSPS) is 11.0. The zero-order valence-electron chi connectivity index (χ0n) is 16.0. The van der Waals surface area contributed by atoms with Gasteiger partial charge in [-0.2, -0.15) is 0 Å². The molecule has 0 aliphatic carbocycles. The quantitative estimate of drug-likeness (QED) is 0.511. The number of carbonyl (C=O) groups is 2. The number of nitrogens with one attached hydrogen (secondary N) is 1. The molecule has 3 aromatic carbocycles. The Hall–Kier alpha value is -3.31. The van der Waals surface area contributed by atoms with E-state index in [0.717, 1.165) is 27.3 Å². The fourth-order valence-electron chi connectivity index (χ4n) is 3.39. The Morgan fingerprint density at radius 3 is 2.66 bits per heavy atom. The molecule has 0 atom stereocenters. The van der Waals surface area contributed by atoms with Gasteiger partial charge in [-0.15, -0.1) is 0 Å². The van der Waals surface area contributed by atoms with Crippen molar-refractivity contribution in [2.24, 2.45) is 0 Å². The van der Waals surface area contributed by atoms with Crippen molar-refractivity contribution in [3.63, 3.8) is 0 Å². The lowest BCUT2D eigenvalue weighted by Gasteiger charge is -2.13. The van der Waals surface area contributed by atoms with Gasteiger partial charge in [-0.25, -0.2) is 0 Å². The molecule has 0 aliphatic rings. The van der Waals surface area contributed by atoms with Crippen molar-refractivity contribution in [3.05, 3.63) is 77.0 Å².